The number of nitrogens with one attached hydrogen (secondary N) is 1. The smallest absolute Gasteiger partial charge is 0.337 e. The third-order valence-electron chi connectivity index (χ3n) is 3.86. The number of thiophene rings is 1. The SMILES string of the molecule is COC(=O)c1ccc(C)c(S(=O)(=O)NCC(c2cccs2)N(C)C)c1. The van der Waals surface area contributed by atoms with E-state index in [2.05, 4.69) is 9.46 Å². The van der Waals surface area contributed by atoms with Crippen molar-refractivity contribution in [3.63, 3.8) is 0 Å². The summed E-state index contributed by atoms with van der Waals surface area (Å²) in [5, 5.41) is 1.96. The van der Waals surface area contributed by atoms with Crippen LogP contribution in [0.3, 0.4) is 0 Å². The van der Waals surface area contributed by atoms with E-state index in [1.165, 1.54) is 13.2 Å². The van der Waals surface area contributed by atoms with E-state index >= 15 is 0 Å². The highest BCUT2D eigenvalue weighted by Crippen LogP contribution is 2.24. The van der Waals surface area contributed by atoms with Crippen molar-refractivity contribution in [2.75, 3.05) is 27.7 Å². The molecule has 1 atom stereocenters. The molecule has 0 spiro atoms. The maximum Gasteiger partial charge on any atom is 0.337 e. The number of aryl methyl sites for hydroxylation is 1. The first-order valence-corrected chi connectivity index (χ1v) is 10.0. The lowest BCUT2D eigenvalue weighted by Gasteiger charge is -2.23. The molecule has 6 nitrogen and oxygen atoms in total. The van der Waals surface area contributed by atoms with Gasteiger partial charge in [-0.2, -0.15) is 0 Å². The molecule has 25 heavy (non-hydrogen) atoms. The zero-order valence-electron chi connectivity index (χ0n) is 14.6. The van der Waals surface area contributed by atoms with Crippen LogP contribution >= 0.6 is 11.3 Å². The Hall–Kier alpha value is -1.74. The number of nitrogens with zero attached hydrogens (tertiary/aromatic N) is 1. The Bertz CT molecular complexity index is 830. The lowest BCUT2D eigenvalue weighted by molar-refractivity contribution is 0.0600. The normalized spacial score (nSPS) is 13.0. The number of methoxy groups -OCH3 is 1. The summed E-state index contributed by atoms with van der Waals surface area (Å²) < 4.78 is 32.8. The van der Waals surface area contributed by atoms with Crippen molar-refractivity contribution in [2.45, 2.75) is 17.9 Å². The molecule has 0 fully saturated rings. The molecule has 2 rings (SSSR count). The number of rotatable bonds is 7. The summed E-state index contributed by atoms with van der Waals surface area (Å²) in [5.74, 6) is -0.568. The number of hydrogen-bond acceptors (Lipinski definition) is 6. The van der Waals surface area contributed by atoms with Crippen LogP contribution < -0.4 is 4.72 Å². The van der Waals surface area contributed by atoms with Crippen LogP contribution in [0, 0.1) is 6.92 Å². The van der Waals surface area contributed by atoms with Crippen LogP contribution in [0.2, 0.25) is 0 Å². The second-order valence-corrected chi connectivity index (χ2v) is 8.53. The molecule has 8 heteroatoms. The first-order valence-electron chi connectivity index (χ1n) is 7.64. The standard InChI is InChI=1S/C17H22N2O4S2/c1-12-7-8-13(17(20)23-4)10-16(12)25(21,22)18-11-14(19(2)3)15-6-5-9-24-15/h5-10,14,18H,11H2,1-4H3. The monoisotopic (exact) mass is 382 g/mol. The molecule has 0 saturated heterocycles. The maximum atomic E-state index is 12.7. The number of ether oxygens (including phenoxy) is 1. The number of hydrogen-bond donors (Lipinski definition) is 1. The van der Waals surface area contributed by atoms with Crippen LogP contribution in [-0.2, 0) is 14.8 Å². The van der Waals surface area contributed by atoms with Gasteiger partial charge in [0.25, 0.3) is 0 Å². The Morgan fingerprint density at radius 1 is 1.32 bits per heavy atom. The zero-order chi connectivity index (χ0) is 18.6. The molecule has 1 unspecified atom stereocenters. The zero-order valence-corrected chi connectivity index (χ0v) is 16.3. The molecule has 0 radical (unpaired) electrons. The second-order valence-electron chi connectivity index (χ2n) is 5.82. The number of esters is 1. The van der Waals surface area contributed by atoms with Gasteiger partial charge in [0, 0.05) is 11.4 Å². The van der Waals surface area contributed by atoms with Gasteiger partial charge in [0.2, 0.25) is 10.0 Å². The van der Waals surface area contributed by atoms with Crippen molar-refractivity contribution in [1.82, 2.24) is 9.62 Å². The summed E-state index contributed by atoms with van der Waals surface area (Å²) >= 11 is 1.58. The molecule has 0 saturated carbocycles. The average Bonchev–Trinajstić information content (AvgIpc) is 3.08. The summed E-state index contributed by atoms with van der Waals surface area (Å²) in [7, 11) is 1.32. The minimum Gasteiger partial charge on any atom is -0.465 e. The lowest BCUT2D eigenvalue weighted by atomic mass is 10.1. The Balaban J connectivity index is 2.25. The molecule has 136 valence electrons. The second kappa shape index (κ2) is 8.09. The molecule has 0 amide bonds. The van der Waals surface area contributed by atoms with E-state index in [9.17, 15) is 13.2 Å². The van der Waals surface area contributed by atoms with Gasteiger partial charge >= 0.3 is 5.97 Å². The first-order chi connectivity index (χ1) is 11.8. The van der Waals surface area contributed by atoms with Crippen molar-refractivity contribution >= 4 is 27.3 Å². The lowest BCUT2D eigenvalue weighted by Crippen LogP contribution is -2.34. The fourth-order valence-corrected chi connectivity index (χ4v) is 4.65. The summed E-state index contributed by atoms with van der Waals surface area (Å²) in [6.45, 7) is 1.93. The van der Waals surface area contributed by atoms with Crippen LogP contribution in [0.1, 0.15) is 26.8 Å². The predicted molar refractivity (Wildman–Crippen MR) is 98.5 cm³/mol. The van der Waals surface area contributed by atoms with Crippen LogP contribution in [0.5, 0.6) is 0 Å². The molecular weight excluding hydrogens is 360 g/mol. The van der Waals surface area contributed by atoms with Gasteiger partial charge in [0.1, 0.15) is 0 Å². The van der Waals surface area contributed by atoms with E-state index in [1.807, 2.05) is 36.5 Å². The van der Waals surface area contributed by atoms with Gasteiger partial charge < -0.3 is 9.64 Å². The van der Waals surface area contributed by atoms with E-state index in [-0.39, 0.29) is 23.0 Å². The van der Waals surface area contributed by atoms with E-state index in [0.29, 0.717) is 5.56 Å². The van der Waals surface area contributed by atoms with Gasteiger partial charge in [-0.05, 0) is 50.2 Å². The summed E-state index contributed by atoms with van der Waals surface area (Å²) in [6.07, 6.45) is 0. The molecule has 0 aliphatic carbocycles. The highest BCUT2D eigenvalue weighted by Gasteiger charge is 2.23. The molecule has 0 bridgehead atoms. The van der Waals surface area contributed by atoms with Crippen molar-refractivity contribution < 1.29 is 17.9 Å². The Labute approximate surface area is 152 Å². The van der Waals surface area contributed by atoms with Crippen molar-refractivity contribution in [2.24, 2.45) is 0 Å². The van der Waals surface area contributed by atoms with Crippen LogP contribution in [0.25, 0.3) is 0 Å². The largest absolute Gasteiger partial charge is 0.465 e. The minimum atomic E-state index is -3.75. The van der Waals surface area contributed by atoms with Gasteiger partial charge in [0.05, 0.1) is 23.6 Å². The first kappa shape index (κ1) is 19.6. The summed E-state index contributed by atoms with van der Waals surface area (Å²) in [6, 6.07) is 8.35. The van der Waals surface area contributed by atoms with E-state index < -0.39 is 16.0 Å². The fourth-order valence-electron chi connectivity index (χ4n) is 2.42. The Kier molecular flexibility index (Phi) is 6.34. The molecule has 2 aromatic rings. The van der Waals surface area contributed by atoms with Gasteiger partial charge in [-0.15, -0.1) is 11.3 Å². The van der Waals surface area contributed by atoms with Crippen LogP contribution in [0.15, 0.2) is 40.6 Å². The van der Waals surface area contributed by atoms with E-state index in [1.54, 1.807) is 30.4 Å². The summed E-state index contributed by atoms with van der Waals surface area (Å²) in [4.78, 5) is 14.8. The molecule has 0 aliphatic rings. The number of carbonyl (C=O) groups excluding carboxylic acids is 1. The topological polar surface area (TPSA) is 75.7 Å². The van der Waals surface area contributed by atoms with Crippen LogP contribution in [-0.4, -0.2) is 47.0 Å². The van der Waals surface area contributed by atoms with Gasteiger partial charge in [-0.1, -0.05) is 12.1 Å². The highest BCUT2D eigenvalue weighted by atomic mass is 32.2. The molecule has 1 aromatic carbocycles. The van der Waals surface area contributed by atoms with Gasteiger partial charge in [-0.25, -0.2) is 17.9 Å². The third-order valence-corrected chi connectivity index (χ3v) is 6.40. The molecule has 1 aromatic heterocycles. The van der Waals surface area contributed by atoms with E-state index in [0.717, 1.165) is 4.88 Å². The van der Waals surface area contributed by atoms with Gasteiger partial charge in [0.15, 0.2) is 0 Å². The number of sulfonamides is 1. The van der Waals surface area contributed by atoms with Gasteiger partial charge in [-0.3, -0.25) is 0 Å². The fraction of sp³-hybridized carbons (Fsp3) is 0.353. The van der Waals surface area contributed by atoms with Crippen molar-refractivity contribution in [1.29, 1.82) is 0 Å². The Morgan fingerprint density at radius 3 is 2.60 bits per heavy atom. The molecular formula is C17H22N2O4S2. The highest BCUT2D eigenvalue weighted by molar-refractivity contribution is 7.89. The minimum absolute atomic E-state index is 0.0705. The molecule has 1 N–H and O–H groups in total. The summed E-state index contributed by atoms with van der Waals surface area (Å²) in [5.41, 5.74) is 0.772. The maximum absolute atomic E-state index is 12.7. The number of likely N-dealkylation sites (N-methyl/N-ethyl adjacent to an activating group) is 1. The van der Waals surface area contributed by atoms with E-state index in [4.69, 9.17) is 0 Å². The van der Waals surface area contributed by atoms with Crippen molar-refractivity contribution in [3.05, 3.63) is 51.7 Å². The average molecular weight is 383 g/mol. The number of carbonyl (C=O) groups is 1. The third kappa shape index (κ3) is 4.66. The Morgan fingerprint density at radius 2 is 2.04 bits per heavy atom. The molecule has 0 aliphatic heterocycles. The predicted octanol–water partition coefficient (Wildman–Crippen LogP) is 2.42. The van der Waals surface area contributed by atoms with Crippen molar-refractivity contribution in [3.8, 4) is 0 Å². The molecule has 1 heterocycles. The van der Waals surface area contributed by atoms with Crippen LogP contribution in [0.4, 0.5) is 0 Å². The number of benzene rings is 1. The quantitative estimate of drug-likeness (QED) is 0.745.